The van der Waals surface area contributed by atoms with E-state index >= 15 is 0 Å². The van der Waals surface area contributed by atoms with Crippen LogP contribution in [0.1, 0.15) is 23.5 Å². The first-order chi connectivity index (χ1) is 6.13. The van der Waals surface area contributed by atoms with E-state index in [2.05, 4.69) is 52.4 Å². The Labute approximate surface area is 81.2 Å². The van der Waals surface area contributed by atoms with E-state index in [1.165, 1.54) is 22.2 Å². The van der Waals surface area contributed by atoms with Crippen molar-refractivity contribution in [3.8, 4) is 0 Å². The molecule has 1 aromatic rings. The summed E-state index contributed by atoms with van der Waals surface area (Å²) in [5.74, 6) is 2.13. The van der Waals surface area contributed by atoms with Crippen LogP contribution in [0.25, 0.3) is 6.08 Å². The van der Waals surface area contributed by atoms with Crippen molar-refractivity contribution in [3.63, 3.8) is 0 Å². The average molecular weight is 170 g/mol. The third kappa shape index (κ3) is 2.69. The SMILES string of the molecule is C=C/C(C)=C\c1cc(C)cbc1C. The molecule has 0 nitrogen and oxygen atoms in total. The van der Waals surface area contributed by atoms with Crippen LogP contribution in [0.3, 0.4) is 0 Å². The minimum atomic E-state index is 1.20. The molecule has 0 bridgehead atoms. The predicted octanol–water partition coefficient (Wildman–Crippen LogP) is 3.23. The van der Waals surface area contributed by atoms with Gasteiger partial charge in [0.2, 0.25) is 0 Å². The van der Waals surface area contributed by atoms with Crippen LogP contribution < -0.4 is 0 Å². The summed E-state index contributed by atoms with van der Waals surface area (Å²) < 4.78 is 0. The molecule has 0 saturated heterocycles. The van der Waals surface area contributed by atoms with Crippen LogP contribution in [0, 0.1) is 13.8 Å². The Morgan fingerprint density at radius 1 is 1.46 bits per heavy atom. The second-order valence-corrected chi connectivity index (χ2v) is 3.45. The Kier molecular flexibility index (Phi) is 3.24. The molecule has 0 aliphatic heterocycles. The number of hydrogen-bond acceptors (Lipinski definition) is 0. The van der Waals surface area contributed by atoms with Gasteiger partial charge in [-0.1, -0.05) is 0 Å². The van der Waals surface area contributed by atoms with Gasteiger partial charge in [0.05, 0.1) is 0 Å². The zero-order chi connectivity index (χ0) is 9.84. The van der Waals surface area contributed by atoms with Gasteiger partial charge in [0.1, 0.15) is 0 Å². The van der Waals surface area contributed by atoms with E-state index in [1.807, 2.05) is 6.08 Å². The Hall–Kier alpha value is -1.11. The van der Waals surface area contributed by atoms with Gasteiger partial charge in [0.15, 0.2) is 0 Å². The summed E-state index contributed by atoms with van der Waals surface area (Å²) in [4.78, 5) is 0. The van der Waals surface area contributed by atoms with E-state index in [4.69, 9.17) is 0 Å². The fourth-order valence-electron chi connectivity index (χ4n) is 1.22. The minimum absolute atomic E-state index is 1.20. The molecule has 0 atom stereocenters. The molecule has 1 heterocycles. The first-order valence-electron chi connectivity index (χ1n) is 4.51. The van der Waals surface area contributed by atoms with Crippen molar-refractivity contribution in [2.45, 2.75) is 20.8 Å². The summed E-state index contributed by atoms with van der Waals surface area (Å²) in [5.41, 5.74) is 5.10. The van der Waals surface area contributed by atoms with E-state index in [1.54, 1.807) is 0 Å². The van der Waals surface area contributed by atoms with Gasteiger partial charge in [-0.2, -0.15) is 0 Å². The van der Waals surface area contributed by atoms with Gasteiger partial charge in [0.25, 0.3) is 0 Å². The van der Waals surface area contributed by atoms with Gasteiger partial charge in [-0.25, -0.2) is 0 Å². The molecule has 1 aromatic heterocycles. The van der Waals surface area contributed by atoms with Crippen LogP contribution in [-0.2, 0) is 0 Å². The molecule has 66 valence electrons. The van der Waals surface area contributed by atoms with Gasteiger partial charge in [0, 0.05) is 0 Å². The second-order valence-electron chi connectivity index (χ2n) is 3.45. The fourth-order valence-corrected chi connectivity index (χ4v) is 1.22. The molecule has 0 amide bonds. The number of rotatable bonds is 2. The number of hydrogen-bond donors (Lipinski definition) is 0. The van der Waals surface area contributed by atoms with Gasteiger partial charge in [-0.3, -0.25) is 0 Å². The molecule has 1 rings (SSSR count). The Morgan fingerprint density at radius 3 is 2.77 bits per heavy atom. The van der Waals surface area contributed by atoms with Gasteiger partial charge >= 0.3 is 80.6 Å². The van der Waals surface area contributed by atoms with Crippen LogP contribution in [-0.4, -0.2) is 6.91 Å². The van der Waals surface area contributed by atoms with Gasteiger partial charge in [-0.15, -0.1) is 0 Å². The monoisotopic (exact) mass is 170 g/mol. The summed E-state index contributed by atoms with van der Waals surface area (Å²) in [6.07, 6.45) is 4.04. The zero-order valence-electron chi connectivity index (χ0n) is 8.59. The first-order valence-corrected chi connectivity index (χ1v) is 4.51. The molecule has 0 aromatic carbocycles. The van der Waals surface area contributed by atoms with Crippen molar-refractivity contribution in [1.82, 2.24) is 0 Å². The molecule has 0 spiro atoms. The summed E-state index contributed by atoms with van der Waals surface area (Å²) in [7, 11) is 0. The van der Waals surface area contributed by atoms with Crippen LogP contribution >= 0.6 is 0 Å². The van der Waals surface area contributed by atoms with Crippen molar-refractivity contribution in [2.75, 3.05) is 0 Å². The maximum atomic E-state index is 3.74. The van der Waals surface area contributed by atoms with Crippen molar-refractivity contribution in [3.05, 3.63) is 46.8 Å². The second kappa shape index (κ2) is 4.22. The van der Waals surface area contributed by atoms with E-state index in [0.717, 1.165) is 0 Å². The van der Waals surface area contributed by atoms with E-state index in [0.29, 0.717) is 0 Å². The molecule has 13 heavy (non-hydrogen) atoms. The first kappa shape index (κ1) is 9.98. The van der Waals surface area contributed by atoms with Crippen LogP contribution in [0.15, 0.2) is 30.3 Å². The molecular formula is C12H15B. The van der Waals surface area contributed by atoms with Crippen LogP contribution in [0.4, 0.5) is 0 Å². The van der Waals surface area contributed by atoms with Gasteiger partial charge < -0.3 is 0 Å². The van der Waals surface area contributed by atoms with Crippen molar-refractivity contribution in [2.24, 2.45) is 0 Å². The van der Waals surface area contributed by atoms with Crippen LogP contribution in [0.5, 0.6) is 0 Å². The van der Waals surface area contributed by atoms with Crippen LogP contribution in [0.2, 0.25) is 0 Å². The quantitative estimate of drug-likeness (QED) is 0.597. The molecule has 0 radical (unpaired) electrons. The van der Waals surface area contributed by atoms with Crippen molar-refractivity contribution < 1.29 is 0 Å². The van der Waals surface area contributed by atoms with E-state index in [9.17, 15) is 0 Å². The molecule has 0 aliphatic rings. The zero-order valence-corrected chi connectivity index (χ0v) is 8.59. The number of allylic oxidation sites excluding steroid dienone is 2. The summed E-state index contributed by atoms with van der Waals surface area (Å²) in [5, 5.41) is 0. The normalized spacial score (nSPS) is 11.2. The Bertz CT molecular complexity index is 348. The molecular weight excluding hydrogens is 155 g/mol. The topological polar surface area (TPSA) is 0 Å². The molecule has 0 unspecified atom stereocenters. The Morgan fingerprint density at radius 2 is 2.15 bits per heavy atom. The third-order valence-electron chi connectivity index (χ3n) is 2.14. The third-order valence-corrected chi connectivity index (χ3v) is 2.14. The molecule has 0 N–H and O–H groups in total. The predicted molar refractivity (Wildman–Crippen MR) is 61.1 cm³/mol. The average Bonchev–Trinajstić information content (AvgIpc) is 2.11. The molecule has 0 aliphatic carbocycles. The summed E-state index contributed by atoms with van der Waals surface area (Å²) in [6, 6.07) is 2.20. The van der Waals surface area contributed by atoms with E-state index < -0.39 is 0 Å². The number of aryl methyl sites for hydroxylation is 2. The Balaban J connectivity index is 3.13. The molecule has 0 fully saturated rings. The standard InChI is InChI=1S/C12H15B/c1-5-9(2)6-12-7-10(3)8-13-11(12)4/h5-8H,1H2,2-4H3/b9-6-. The van der Waals surface area contributed by atoms with Crippen molar-refractivity contribution >= 4 is 13.0 Å². The van der Waals surface area contributed by atoms with Crippen molar-refractivity contribution in [1.29, 1.82) is 0 Å². The fraction of sp³-hybridized carbons (Fsp3) is 0.250. The summed E-state index contributed by atoms with van der Waals surface area (Å²) >= 11 is 0. The van der Waals surface area contributed by atoms with Gasteiger partial charge in [-0.05, 0) is 0 Å². The molecule has 1 heteroatoms. The van der Waals surface area contributed by atoms with E-state index in [-0.39, 0.29) is 0 Å². The molecule has 0 saturated carbocycles. The summed E-state index contributed by atoms with van der Waals surface area (Å²) in [6.45, 7) is 12.2. The maximum absolute atomic E-state index is 3.74.